The minimum absolute atomic E-state index is 0. The molecule has 0 bridgehead atoms. The Morgan fingerprint density at radius 1 is 0.900 bits per heavy atom. The van der Waals surface area contributed by atoms with Gasteiger partial charge in [0, 0.05) is 54.4 Å². The van der Waals surface area contributed by atoms with E-state index in [-0.39, 0.29) is 32.2 Å². The molecule has 0 aliphatic heterocycles. The number of carbonyl (C=O) groups excluding carboxylic acids is 3. The molecular formula is C21H40N6O3. The number of imidazole rings is 1. The van der Waals surface area contributed by atoms with Crippen LogP contribution in [0.5, 0.6) is 0 Å². The molecule has 0 unspecified atom stereocenters. The van der Waals surface area contributed by atoms with Crippen molar-refractivity contribution in [3.05, 3.63) is 30.0 Å². The number of likely N-dealkylation sites (N-methyl/N-ethyl adjacent to an activating group) is 1. The van der Waals surface area contributed by atoms with Crippen molar-refractivity contribution in [3.63, 3.8) is 0 Å². The number of aryl methyl sites for hydroxylation is 2. The van der Waals surface area contributed by atoms with Gasteiger partial charge < -0.3 is 25.1 Å². The maximum Gasteiger partial charge on any atom is 0.195 e. The number of nitrogens with one attached hydrogen (secondary N) is 3. The van der Waals surface area contributed by atoms with Crippen LogP contribution in [0.15, 0.2) is 18.5 Å². The Kier molecular flexibility index (Phi) is 16.8. The zero-order chi connectivity index (χ0) is 21.9. The molecule has 0 fully saturated rings. The molecule has 0 saturated carbocycles. The highest BCUT2D eigenvalue weighted by atomic mass is 16.1. The van der Waals surface area contributed by atoms with Gasteiger partial charge in [0.1, 0.15) is 11.6 Å². The lowest BCUT2D eigenvalue weighted by molar-refractivity contribution is -0.116. The molecule has 0 radical (unpaired) electrons. The van der Waals surface area contributed by atoms with Gasteiger partial charge in [0.25, 0.3) is 0 Å². The van der Waals surface area contributed by atoms with Crippen LogP contribution in [0.1, 0.15) is 56.7 Å². The highest BCUT2D eigenvalue weighted by Gasteiger charge is 2.07. The summed E-state index contributed by atoms with van der Waals surface area (Å²) < 4.78 is 3.52. The summed E-state index contributed by atoms with van der Waals surface area (Å²) in [6.07, 6.45) is 3.66. The van der Waals surface area contributed by atoms with Crippen LogP contribution < -0.4 is 16.0 Å². The molecule has 3 N–H and O–H groups in total. The van der Waals surface area contributed by atoms with Gasteiger partial charge in [-0.15, -0.1) is 0 Å². The lowest BCUT2D eigenvalue weighted by Crippen LogP contribution is -2.14. The average Bonchev–Trinajstić information content (AvgIpc) is 3.18. The predicted octanol–water partition coefficient (Wildman–Crippen LogP) is 3.00. The second-order valence-electron chi connectivity index (χ2n) is 6.13. The van der Waals surface area contributed by atoms with Crippen LogP contribution in [0.2, 0.25) is 0 Å². The fraction of sp³-hybridized carbons (Fsp3) is 0.524. The Morgan fingerprint density at radius 2 is 1.47 bits per heavy atom. The Labute approximate surface area is 181 Å². The fourth-order valence-corrected chi connectivity index (χ4v) is 2.21. The van der Waals surface area contributed by atoms with Crippen LogP contribution >= 0.6 is 0 Å². The summed E-state index contributed by atoms with van der Waals surface area (Å²) in [4.78, 5) is 35.8. The number of hydrogen-bond acceptors (Lipinski definition) is 7. The first-order valence-corrected chi connectivity index (χ1v) is 8.78. The van der Waals surface area contributed by atoms with Crippen molar-refractivity contribution in [1.29, 1.82) is 0 Å². The zero-order valence-corrected chi connectivity index (χ0v) is 18.0. The summed E-state index contributed by atoms with van der Waals surface area (Å²) in [5, 5.41) is 8.55. The molecule has 0 atom stereocenters. The first-order chi connectivity index (χ1) is 13.1. The summed E-state index contributed by atoms with van der Waals surface area (Å²) in [6.45, 7) is 5.10. The quantitative estimate of drug-likeness (QED) is 0.611. The van der Waals surface area contributed by atoms with Crippen LogP contribution in [-0.2, 0) is 18.9 Å². The summed E-state index contributed by atoms with van der Waals surface area (Å²) in [7, 11) is 9.01. The van der Waals surface area contributed by atoms with Gasteiger partial charge in [-0.3, -0.25) is 14.4 Å². The molecule has 2 heterocycles. The maximum atomic E-state index is 10.9. The van der Waals surface area contributed by atoms with Gasteiger partial charge in [-0.05, 0) is 20.0 Å². The molecule has 0 amide bonds. The van der Waals surface area contributed by atoms with Gasteiger partial charge in [-0.1, -0.05) is 14.9 Å². The van der Waals surface area contributed by atoms with Crippen LogP contribution in [0.3, 0.4) is 0 Å². The number of hydrogen-bond donors (Lipinski definition) is 3. The molecule has 9 nitrogen and oxygen atoms in total. The van der Waals surface area contributed by atoms with E-state index in [9.17, 15) is 14.4 Å². The molecule has 0 aromatic carbocycles. The molecule has 9 heteroatoms. The van der Waals surface area contributed by atoms with Crippen LogP contribution in [0.25, 0.3) is 0 Å². The van der Waals surface area contributed by atoms with E-state index >= 15 is 0 Å². The Balaban J connectivity index is -0.000000369. The van der Waals surface area contributed by atoms with Gasteiger partial charge in [-0.2, -0.15) is 0 Å². The SMILES string of the molecule is C.C.CNCC(C)=O.CNc1cc(C(C)=O)n(C)c1.CNc1cn(C)c(C(C)=O)n1. The molecule has 2 rings (SSSR count). The highest BCUT2D eigenvalue weighted by Crippen LogP contribution is 2.11. The number of rotatable bonds is 6. The fourth-order valence-electron chi connectivity index (χ4n) is 2.21. The van der Waals surface area contributed by atoms with E-state index < -0.39 is 0 Å². The van der Waals surface area contributed by atoms with E-state index in [1.165, 1.54) is 6.92 Å². The second-order valence-corrected chi connectivity index (χ2v) is 6.13. The van der Waals surface area contributed by atoms with Crippen LogP contribution in [0, 0.1) is 0 Å². The maximum absolute atomic E-state index is 10.9. The number of Topliss-reactive ketones (excluding diaryl/α,β-unsaturated/α-hetero) is 3. The van der Waals surface area contributed by atoms with E-state index in [2.05, 4.69) is 20.9 Å². The van der Waals surface area contributed by atoms with Crippen LogP contribution in [0.4, 0.5) is 11.5 Å². The topological polar surface area (TPSA) is 110 Å². The third-order valence-electron chi connectivity index (χ3n) is 3.53. The van der Waals surface area contributed by atoms with Gasteiger partial charge >= 0.3 is 0 Å². The number of anilines is 2. The van der Waals surface area contributed by atoms with E-state index in [4.69, 9.17) is 0 Å². The van der Waals surface area contributed by atoms with Crippen molar-refractivity contribution < 1.29 is 14.4 Å². The molecular weight excluding hydrogens is 384 g/mol. The van der Waals surface area contributed by atoms with E-state index in [0.717, 1.165) is 17.2 Å². The minimum atomic E-state index is -0.0194. The molecule has 0 spiro atoms. The van der Waals surface area contributed by atoms with Crippen molar-refractivity contribution in [2.75, 3.05) is 38.3 Å². The largest absolute Gasteiger partial charge is 0.387 e. The van der Waals surface area contributed by atoms with E-state index in [0.29, 0.717) is 12.4 Å². The molecule has 0 aliphatic carbocycles. The van der Waals surface area contributed by atoms with Crippen molar-refractivity contribution in [2.45, 2.75) is 35.6 Å². The van der Waals surface area contributed by atoms with Crippen molar-refractivity contribution in [1.82, 2.24) is 19.4 Å². The molecule has 0 aliphatic rings. The molecule has 30 heavy (non-hydrogen) atoms. The Hall–Kier alpha value is -2.94. The van der Waals surface area contributed by atoms with Gasteiger partial charge in [-0.25, -0.2) is 4.98 Å². The number of carbonyl (C=O) groups is 3. The zero-order valence-electron chi connectivity index (χ0n) is 18.0. The Morgan fingerprint density at radius 3 is 1.67 bits per heavy atom. The molecule has 2 aromatic heterocycles. The normalized spacial score (nSPS) is 8.80. The van der Waals surface area contributed by atoms with Gasteiger partial charge in [0.05, 0.1) is 17.9 Å². The number of ketones is 3. The minimum Gasteiger partial charge on any atom is -0.387 e. The summed E-state index contributed by atoms with van der Waals surface area (Å²) in [5.41, 5.74) is 1.70. The first kappa shape index (κ1) is 31.7. The lowest BCUT2D eigenvalue weighted by atomic mass is 10.3. The standard InChI is InChI=1S/C8H12N2O.C7H11N3O.C4H9NO.2CH4/c1-6(11)8-4-7(9-2)5-10(8)3;1-5(11)7-9-6(8-2)4-10(7)3;1-4(6)3-5-2;;/h4-5,9H,1-3H3;4,8H,1-3H3;5H,3H2,1-2H3;2*1H4. The average molecular weight is 425 g/mol. The van der Waals surface area contributed by atoms with Crippen molar-refractivity contribution in [2.24, 2.45) is 14.1 Å². The van der Waals surface area contributed by atoms with Crippen molar-refractivity contribution >= 4 is 28.9 Å². The van der Waals surface area contributed by atoms with Gasteiger partial charge in [0.15, 0.2) is 17.4 Å². The number of nitrogens with zero attached hydrogens (tertiary/aromatic N) is 3. The highest BCUT2D eigenvalue weighted by molar-refractivity contribution is 5.93. The molecule has 0 saturated heterocycles. The predicted molar refractivity (Wildman–Crippen MR) is 126 cm³/mol. The monoisotopic (exact) mass is 424 g/mol. The summed E-state index contributed by atoms with van der Waals surface area (Å²) >= 11 is 0. The second kappa shape index (κ2) is 15.9. The van der Waals surface area contributed by atoms with Gasteiger partial charge in [0.2, 0.25) is 0 Å². The molecule has 172 valence electrons. The molecule has 2 aromatic rings. The van der Waals surface area contributed by atoms with E-state index in [1.54, 1.807) is 45.8 Å². The first-order valence-electron chi connectivity index (χ1n) is 8.78. The third kappa shape index (κ3) is 11.2. The summed E-state index contributed by atoms with van der Waals surface area (Å²) in [5.74, 6) is 1.45. The smallest absolute Gasteiger partial charge is 0.195 e. The lowest BCUT2D eigenvalue weighted by Gasteiger charge is -1.94. The van der Waals surface area contributed by atoms with Crippen molar-refractivity contribution in [3.8, 4) is 0 Å². The third-order valence-corrected chi connectivity index (χ3v) is 3.53. The van der Waals surface area contributed by atoms with E-state index in [1.807, 2.05) is 30.9 Å². The summed E-state index contributed by atoms with van der Waals surface area (Å²) in [6, 6.07) is 1.84. The van der Waals surface area contributed by atoms with Crippen LogP contribution in [-0.4, -0.2) is 59.2 Å². The number of aromatic nitrogens is 3. The Bertz CT molecular complexity index is 735.